The van der Waals surface area contributed by atoms with Crippen LogP contribution in [0.5, 0.6) is 0 Å². The molecule has 26 heavy (non-hydrogen) atoms. The highest BCUT2D eigenvalue weighted by Crippen LogP contribution is 2.46. The zero-order valence-electron chi connectivity index (χ0n) is 14.5. The van der Waals surface area contributed by atoms with Gasteiger partial charge in [-0.15, -0.1) is 0 Å². The number of benzene rings is 1. The number of alkyl halides is 3. The van der Waals surface area contributed by atoms with Crippen molar-refractivity contribution in [3.8, 4) is 0 Å². The molecule has 3 rings (SSSR count). The summed E-state index contributed by atoms with van der Waals surface area (Å²) in [7, 11) is 0. The number of hydrogen-bond donors (Lipinski definition) is 2. The molecule has 5 nitrogen and oxygen atoms in total. The maximum atomic E-state index is 10.8. The van der Waals surface area contributed by atoms with E-state index in [9.17, 15) is 18.0 Å². The first-order chi connectivity index (χ1) is 12.0. The van der Waals surface area contributed by atoms with E-state index in [0.29, 0.717) is 5.41 Å². The quantitative estimate of drug-likeness (QED) is 0.833. The van der Waals surface area contributed by atoms with Gasteiger partial charge in [0.2, 0.25) is 0 Å². The third kappa shape index (κ3) is 4.75. The Kier molecular flexibility index (Phi) is 5.95. The van der Waals surface area contributed by atoms with E-state index in [1.807, 2.05) is 0 Å². The summed E-state index contributed by atoms with van der Waals surface area (Å²) in [6.45, 7) is 4.18. The number of likely N-dealkylation sites (tertiary alicyclic amines) is 1. The van der Waals surface area contributed by atoms with E-state index in [2.05, 4.69) is 30.0 Å². The SMILES string of the molecule is Cc1ccc2c(c1)C1(CC2)CCN(CC(=O)O)CC1.O=C(O)C(F)(F)F. The fourth-order valence-corrected chi connectivity index (χ4v) is 3.76. The molecule has 0 amide bonds. The second-order valence-corrected chi connectivity index (χ2v) is 6.91. The molecule has 1 aliphatic carbocycles. The van der Waals surface area contributed by atoms with Crippen molar-refractivity contribution in [2.45, 2.75) is 44.2 Å². The second kappa shape index (κ2) is 7.65. The number of halogens is 3. The Hall–Kier alpha value is -2.09. The van der Waals surface area contributed by atoms with Gasteiger partial charge in [-0.25, -0.2) is 4.79 Å². The summed E-state index contributed by atoms with van der Waals surface area (Å²) < 4.78 is 31.7. The molecule has 0 bridgehead atoms. The van der Waals surface area contributed by atoms with Crippen LogP contribution >= 0.6 is 0 Å². The van der Waals surface area contributed by atoms with Crippen LogP contribution in [0.15, 0.2) is 18.2 Å². The standard InChI is InChI=1S/C16H21NO2.C2HF3O2/c1-12-2-3-13-4-5-16(14(13)10-12)6-8-17(9-7-16)11-15(18)19;3-2(4,5)1(6)7/h2-3,10H,4-9,11H2,1H3,(H,18,19);(H,6,7). The number of aryl methyl sites for hydroxylation is 2. The molecule has 1 aromatic carbocycles. The summed E-state index contributed by atoms with van der Waals surface area (Å²) in [6.07, 6.45) is -0.436. The van der Waals surface area contributed by atoms with Gasteiger partial charge in [-0.1, -0.05) is 23.8 Å². The molecule has 1 heterocycles. The third-order valence-electron chi connectivity index (χ3n) is 5.12. The topological polar surface area (TPSA) is 77.8 Å². The fourth-order valence-electron chi connectivity index (χ4n) is 3.76. The molecule has 1 saturated heterocycles. The maximum absolute atomic E-state index is 10.8. The number of nitrogens with zero attached hydrogens (tertiary/aromatic N) is 1. The van der Waals surface area contributed by atoms with Crippen LogP contribution in [-0.4, -0.2) is 52.9 Å². The van der Waals surface area contributed by atoms with Crippen LogP contribution in [-0.2, 0) is 21.4 Å². The molecule has 0 unspecified atom stereocenters. The average molecular weight is 373 g/mol. The first kappa shape index (κ1) is 20.2. The van der Waals surface area contributed by atoms with Crippen molar-refractivity contribution in [3.63, 3.8) is 0 Å². The minimum Gasteiger partial charge on any atom is -0.480 e. The van der Waals surface area contributed by atoms with Crippen LogP contribution in [0, 0.1) is 6.92 Å². The zero-order chi connectivity index (χ0) is 19.5. The van der Waals surface area contributed by atoms with Crippen LogP contribution in [0.2, 0.25) is 0 Å². The van der Waals surface area contributed by atoms with E-state index in [-0.39, 0.29) is 6.54 Å². The molecular formula is C18H22F3NO4. The molecule has 1 fully saturated rings. The Labute approximate surface area is 149 Å². The van der Waals surface area contributed by atoms with E-state index in [1.165, 1.54) is 24.0 Å². The Morgan fingerprint density at radius 3 is 2.23 bits per heavy atom. The van der Waals surface area contributed by atoms with Gasteiger partial charge in [0, 0.05) is 0 Å². The smallest absolute Gasteiger partial charge is 0.480 e. The van der Waals surface area contributed by atoms with Crippen LogP contribution in [0.3, 0.4) is 0 Å². The van der Waals surface area contributed by atoms with Gasteiger partial charge in [0.1, 0.15) is 0 Å². The Bertz CT molecular complexity index is 680. The molecule has 0 atom stereocenters. The number of rotatable bonds is 2. The number of aliphatic carboxylic acids is 2. The van der Waals surface area contributed by atoms with Crippen molar-refractivity contribution in [2.24, 2.45) is 0 Å². The van der Waals surface area contributed by atoms with Crippen molar-refractivity contribution in [1.82, 2.24) is 4.90 Å². The number of fused-ring (bicyclic) bond motifs is 2. The van der Waals surface area contributed by atoms with Crippen molar-refractivity contribution in [1.29, 1.82) is 0 Å². The van der Waals surface area contributed by atoms with Gasteiger partial charge in [-0.2, -0.15) is 13.2 Å². The van der Waals surface area contributed by atoms with E-state index < -0.39 is 18.1 Å². The van der Waals surface area contributed by atoms with E-state index in [1.54, 1.807) is 5.56 Å². The van der Waals surface area contributed by atoms with Gasteiger partial charge in [0.25, 0.3) is 0 Å². The van der Waals surface area contributed by atoms with Crippen molar-refractivity contribution < 1.29 is 33.0 Å². The van der Waals surface area contributed by atoms with Crippen molar-refractivity contribution in [2.75, 3.05) is 19.6 Å². The molecule has 1 aromatic rings. The largest absolute Gasteiger partial charge is 0.490 e. The molecule has 1 aliphatic heterocycles. The number of carbonyl (C=O) groups is 2. The highest BCUT2D eigenvalue weighted by atomic mass is 19.4. The van der Waals surface area contributed by atoms with E-state index >= 15 is 0 Å². The predicted molar refractivity (Wildman–Crippen MR) is 88.2 cm³/mol. The van der Waals surface area contributed by atoms with Crippen LogP contribution in [0.25, 0.3) is 0 Å². The summed E-state index contributed by atoms with van der Waals surface area (Å²) in [4.78, 5) is 21.7. The minimum absolute atomic E-state index is 0.191. The number of carboxylic acid groups (broad SMARTS) is 2. The number of hydrogen-bond acceptors (Lipinski definition) is 3. The van der Waals surface area contributed by atoms with E-state index in [4.69, 9.17) is 15.0 Å². The lowest BCUT2D eigenvalue weighted by Gasteiger charge is -2.39. The zero-order valence-corrected chi connectivity index (χ0v) is 14.5. The third-order valence-corrected chi connectivity index (χ3v) is 5.12. The molecule has 1 spiro atoms. The predicted octanol–water partition coefficient (Wildman–Crippen LogP) is 2.99. The maximum Gasteiger partial charge on any atom is 0.490 e. The molecule has 0 radical (unpaired) electrons. The molecular weight excluding hydrogens is 351 g/mol. The van der Waals surface area contributed by atoms with Gasteiger partial charge < -0.3 is 10.2 Å². The van der Waals surface area contributed by atoms with Gasteiger partial charge in [-0.3, -0.25) is 9.69 Å². The van der Waals surface area contributed by atoms with Gasteiger partial charge in [-0.05, 0) is 62.2 Å². The normalized spacial score (nSPS) is 18.8. The van der Waals surface area contributed by atoms with Gasteiger partial charge >= 0.3 is 18.1 Å². The van der Waals surface area contributed by atoms with Crippen molar-refractivity contribution >= 4 is 11.9 Å². The number of carboxylic acids is 2. The fraction of sp³-hybridized carbons (Fsp3) is 0.556. The van der Waals surface area contributed by atoms with Gasteiger partial charge in [0.05, 0.1) is 6.54 Å². The van der Waals surface area contributed by atoms with E-state index in [0.717, 1.165) is 25.9 Å². The lowest BCUT2D eigenvalue weighted by atomic mass is 9.73. The molecule has 8 heteroatoms. The summed E-state index contributed by atoms with van der Waals surface area (Å²) in [6, 6.07) is 6.84. The molecule has 0 saturated carbocycles. The molecule has 144 valence electrons. The van der Waals surface area contributed by atoms with Gasteiger partial charge in [0.15, 0.2) is 0 Å². The van der Waals surface area contributed by atoms with Crippen LogP contribution in [0.4, 0.5) is 13.2 Å². The average Bonchev–Trinajstić information content (AvgIpc) is 2.87. The highest BCUT2D eigenvalue weighted by molar-refractivity contribution is 5.73. The lowest BCUT2D eigenvalue weighted by Crippen LogP contribution is -2.43. The Balaban J connectivity index is 0.000000298. The summed E-state index contributed by atoms with van der Waals surface area (Å²) in [5.74, 6) is -3.47. The van der Waals surface area contributed by atoms with Crippen LogP contribution < -0.4 is 0 Å². The number of piperidine rings is 1. The summed E-state index contributed by atoms with van der Waals surface area (Å²) in [5.41, 5.74) is 4.73. The summed E-state index contributed by atoms with van der Waals surface area (Å²) >= 11 is 0. The first-order valence-corrected chi connectivity index (χ1v) is 8.38. The Morgan fingerprint density at radius 2 is 1.73 bits per heavy atom. The molecule has 2 aliphatic rings. The summed E-state index contributed by atoms with van der Waals surface area (Å²) in [5, 5.41) is 16.0. The highest BCUT2D eigenvalue weighted by Gasteiger charge is 2.41. The second-order valence-electron chi connectivity index (χ2n) is 6.91. The minimum atomic E-state index is -5.08. The molecule has 2 N–H and O–H groups in total. The van der Waals surface area contributed by atoms with Crippen molar-refractivity contribution in [3.05, 3.63) is 34.9 Å². The first-order valence-electron chi connectivity index (χ1n) is 8.38. The van der Waals surface area contributed by atoms with Crippen LogP contribution in [0.1, 0.15) is 36.0 Å². The Morgan fingerprint density at radius 1 is 1.15 bits per heavy atom. The molecule has 0 aromatic heterocycles. The lowest BCUT2D eigenvalue weighted by molar-refractivity contribution is -0.192. The monoisotopic (exact) mass is 373 g/mol.